The molecule has 0 heterocycles. The van der Waals surface area contributed by atoms with Gasteiger partial charge in [-0.1, -0.05) is 12.1 Å². The summed E-state index contributed by atoms with van der Waals surface area (Å²) >= 11 is 0. The first-order valence-corrected chi connectivity index (χ1v) is 4.81. The molecular weight excluding hydrogens is 181 g/mol. The minimum Gasteiger partial charge on any atom is -0.393 e. The van der Waals surface area contributed by atoms with Gasteiger partial charge in [0.15, 0.2) is 0 Å². The molecule has 14 heavy (non-hydrogen) atoms. The van der Waals surface area contributed by atoms with Gasteiger partial charge in [-0.25, -0.2) is 4.39 Å². The third kappa shape index (κ3) is 4.35. The second-order valence-electron chi connectivity index (χ2n) is 3.44. The van der Waals surface area contributed by atoms with E-state index < -0.39 is 0 Å². The van der Waals surface area contributed by atoms with E-state index >= 15 is 0 Å². The molecule has 2 N–H and O–H groups in total. The minimum atomic E-state index is -0.282. The Kier molecular flexibility index (Phi) is 4.56. The van der Waals surface area contributed by atoms with Gasteiger partial charge in [0.2, 0.25) is 0 Å². The molecule has 2 nitrogen and oxygen atoms in total. The van der Waals surface area contributed by atoms with E-state index in [0.717, 1.165) is 18.5 Å². The molecule has 0 aromatic heterocycles. The van der Waals surface area contributed by atoms with Crippen LogP contribution in [-0.2, 0) is 6.54 Å². The maximum Gasteiger partial charge on any atom is 0.123 e. The molecule has 0 saturated heterocycles. The molecule has 0 fully saturated rings. The molecule has 1 rings (SSSR count). The van der Waals surface area contributed by atoms with E-state index in [4.69, 9.17) is 5.11 Å². The SMILES string of the molecule is C[C@@H](O)CCNCc1cccc(F)c1. The molecule has 0 aliphatic heterocycles. The van der Waals surface area contributed by atoms with E-state index in [1.54, 1.807) is 13.0 Å². The summed E-state index contributed by atoms with van der Waals surface area (Å²) in [4.78, 5) is 0. The highest BCUT2D eigenvalue weighted by Crippen LogP contribution is 2.02. The van der Waals surface area contributed by atoms with Crippen LogP contribution in [0.25, 0.3) is 0 Å². The summed E-state index contributed by atoms with van der Waals surface area (Å²) in [6, 6.07) is 6.51. The van der Waals surface area contributed by atoms with Gasteiger partial charge < -0.3 is 10.4 Å². The topological polar surface area (TPSA) is 32.3 Å². The van der Waals surface area contributed by atoms with E-state index in [-0.39, 0.29) is 11.9 Å². The molecule has 0 spiro atoms. The van der Waals surface area contributed by atoms with Crippen LogP contribution >= 0.6 is 0 Å². The number of benzene rings is 1. The van der Waals surface area contributed by atoms with Crippen LogP contribution in [0.4, 0.5) is 4.39 Å². The van der Waals surface area contributed by atoms with Crippen molar-refractivity contribution in [3.8, 4) is 0 Å². The number of nitrogens with one attached hydrogen (secondary N) is 1. The Morgan fingerprint density at radius 1 is 1.50 bits per heavy atom. The van der Waals surface area contributed by atoms with Gasteiger partial charge in [-0.15, -0.1) is 0 Å². The molecule has 1 aromatic carbocycles. The molecule has 0 saturated carbocycles. The van der Waals surface area contributed by atoms with Crippen LogP contribution in [0.1, 0.15) is 18.9 Å². The number of aliphatic hydroxyl groups is 1. The van der Waals surface area contributed by atoms with Gasteiger partial charge in [0.1, 0.15) is 5.82 Å². The van der Waals surface area contributed by atoms with Crippen LogP contribution in [0, 0.1) is 5.82 Å². The Morgan fingerprint density at radius 2 is 2.29 bits per heavy atom. The van der Waals surface area contributed by atoms with Crippen molar-refractivity contribution in [3.63, 3.8) is 0 Å². The first-order chi connectivity index (χ1) is 6.68. The standard InChI is InChI=1S/C11H16FNO/c1-9(14)5-6-13-8-10-3-2-4-11(12)7-10/h2-4,7,9,13-14H,5-6,8H2,1H3/t9-/m1/s1. The zero-order valence-electron chi connectivity index (χ0n) is 8.33. The first kappa shape index (κ1) is 11.1. The van der Waals surface area contributed by atoms with E-state index in [2.05, 4.69) is 5.32 Å². The quantitative estimate of drug-likeness (QED) is 0.704. The molecule has 0 bridgehead atoms. The summed E-state index contributed by atoms with van der Waals surface area (Å²) in [6.07, 6.45) is 0.435. The summed E-state index contributed by atoms with van der Waals surface area (Å²) in [5.41, 5.74) is 0.926. The summed E-state index contributed by atoms with van der Waals surface area (Å²) in [6.45, 7) is 3.14. The lowest BCUT2D eigenvalue weighted by molar-refractivity contribution is 0.183. The van der Waals surface area contributed by atoms with Crippen LogP contribution in [0.3, 0.4) is 0 Å². The highest BCUT2D eigenvalue weighted by atomic mass is 19.1. The Labute approximate surface area is 83.8 Å². The summed E-state index contributed by atoms with van der Waals surface area (Å²) in [5, 5.41) is 12.1. The molecule has 0 radical (unpaired) electrons. The number of hydrogen-bond acceptors (Lipinski definition) is 2. The number of aliphatic hydroxyl groups excluding tert-OH is 1. The number of rotatable bonds is 5. The maximum absolute atomic E-state index is 12.7. The maximum atomic E-state index is 12.7. The Bertz CT molecular complexity index is 276. The van der Waals surface area contributed by atoms with Crippen LogP contribution in [0.5, 0.6) is 0 Å². The Morgan fingerprint density at radius 3 is 2.93 bits per heavy atom. The van der Waals surface area contributed by atoms with Gasteiger partial charge in [0.05, 0.1) is 6.10 Å². The first-order valence-electron chi connectivity index (χ1n) is 4.81. The fourth-order valence-corrected chi connectivity index (χ4v) is 1.19. The Hall–Kier alpha value is -0.930. The van der Waals surface area contributed by atoms with Gasteiger partial charge in [0.25, 0.3) is 0 Å². The van der Waals surface area contributed by atoms with Gasteiger partial charge in [0, 0.05) is 6.54 Å². The predicted molar refractivity (Wildman–Crippen MR) is 54.4 cm³/mol. The van der Waals surface area contributed by atoms with Crippen molar-refractivity contribution in [2.24, 2.45) is 0 Å². The average molecular weight is 197 g/mol. The zero-order chi connectivity index (χ0) is 10.4. The van der Waals surface area contributed by atoms with E-state index in [0.29, 0.717) is 6.54 Å². The molecule has 0 aliphatic carbocycles. The fourth-order valence-electron chi connectivity index (χ4n) is 1.19. The van der Waals surface area contributed by atoms with Crippen molar-refractivity contribution >= 4 is 0 Å². The minimum absolute atomic E-state index is 0.208. The Balaban J connectivity index is 2.25. The van der Waals surface area contributed by atoms with Crippen molar-refractivity contribution in [2.75, 3.05) is 6.54 Å². The average Bonchev–Trinajstić information content (AvgIpc) is 2.12. The van der Waals surface area contributed by atoms with Gasteiger partial charge in [-0.3, -0.25) is 0 Å². The third-order valence-corrected chi connectivity index (χ3v) is 1.96. The smallest absolute Gasteiger partial charge is 0.123 e. The monoisotopic (exact) mass is 197 g/mol. The van der Waals surface area contributed by atoms with Gasteiger partial charge in [-0.05, 0) is 37.6 Å². The number of hydrogen-bond donors (Lipinski definition) is 2. The summed E-state index contributed by atoms with van der Waals surface area (Å²) < 4.78 is 12.7. The summed E-state index contributed by atoms with van der Waals surface area (Å²) in [7, 11) is 0. The lowest BCUT2D eigenvalue weighted by Crippen LogP contribution is -2.18. The second kappa shape index (κ2) is 5.73. The van der Waals surface area contributed by atoms with E-state index in [9.17, 15) is 4.39 Å². The lowest BCUT2D eigenvalue weighted by Gasteiger charge is -2.06. The van der Waals surface area contributed by atoms with Crippen molar-refractivity contribution < 1.29 is 9.50 Å². The molecule has 3 heteroatoms. The zero-order valence-corrected chi connectivity index (χ0v) is 8.33. The largest absolute Gasteiger partial charge is 0.393 e. The van der Waals surface area contributed by atoms with Crippen LogP contribution < -0.4 is 5.32 Å². The highest BCUT2D eigenvalue weighted by molar-refractivity contribution is 5.15. The molecule has 0 amide bonds. The lowest BCUT2D eigenvalue weighted by atomic mass is 10.2. The molecule has 1 aromatic rings. The molecular formula is C11H16FNO. The summed E-state index contributed by atoms with van der Waals surface area (Å²) in [5.74, 6) is -0.208. The second-order valence-corrected chi connectivity index (χ2v) is 3.44. The normalized spacial score (nSPS) is 12.8. The van der Waals surface area contributed by atoms with Crippen LogP contribution in [0.15, 0.2) is 24.3 Å². The van der Waals surface area contributed by atoms with Crippen molar-refractivity contribution in [1.29, 1.82) is 0 Å². The predicted octanol–water partition coefficient (Wildman–Crippen LogP) is 1.69. The molecule has 0 unspecified atom stereocenters. The van der Waals surface area contributed by atoms with Crippen LogP contribution in [-0.4, -0.2) is 17.8 Å². The third-order valence-electron chi connectivity index (χ3n) is 1.96. The van der Waals surface area contributed by atoms with Gasteiger partial charge >= 0.3 is 0 Å². The number of halogens is 1. The van der Waals surface area contributed by atoms with Crippen molar-refractivity contribution in [2.45, 2.75) is 26.0 Å². The van der Waals surface area contributed by atoms with E-state index in [1.807, 2.05) is 6.07 Å². The van der Waals surface area contributed by atoms with Gasteiger partial charge in [-0.2, -0.15) is 0 Å². The van der Waals surface area contributed by atoms with Crippen LogP contribution in [0.2, 0.25) is 0 Å². The van der Waals surface area contributed by atoms with E-state index in [1.165, 1.54) is 12.1 Å². The molecule has 0 aliphatic rings. The molecule has 1 atom stereocenters. The van der Waals surface area contributed by atoms with Crippen molar-refractivity contribution in [1.82, 2.24) is 5.32 Å². The molecule has 78 valence electrons. The highest BCUT2D eigenvalue weighted by Gasteiger charge is 1.96. The fraction of sp³-hybridized carbons (Fsp3) is 0.455. The van der Waals surface area contributed by atoms with Crippen molar-refractivity contribution in [3.05, 3.63) is 35.6 Å².